The summed E-state index contributed by atoms with van der Waals surface area (Å²) in [4.78, 5) is 37.0. The highest BCUT2D eigenvalue weighted by molar-refractivity contribution is 5.99. The van der Waals surface area contributed by atoms with Crippen LogP contribution in [0.4, 0.5) is 13.2 Å². The molecule has 33 heavy (non-hydrogen) atoms. The van der Waals surface area contributed by atoms with Crippen molar-refractivity contribution in [3.63, 3.8) is 0 Å². The van der Waals surface area contributed by atoms with Crippen molar-refractivity contribution >= 4 is 11.8 Å². The Morgan fingerprint density at radius 1 is 1.06 bits per heavy atom. The number of alkyl halides is 3. The van der Waals surface area contributed by atoms with Crippen molar-refractivity contribution < 1.29 is 27.5 Å². The van der Waals surface area contributed by atoms with Gasteiger partial charge in [-0.1, -0.05) is 44.2 Å². The standard InChI is InChI=1S/C24H21F3N2O4/c1-14(2)16-7-9-17(10-8-16)21(31)13-33-23(32)22-20(30)11-15(3)29(28-22)19-6-4-5-18(12-19)24(25,26)27/h4-12,14H,13H2,1-3H3. The Morgan fingerprint density at radius 3 is 2.33 bits per heavy atom. The minimum Gasteiger partial charge on any atom is -0.452 e. The number of ether oxygens (including phenoxy) is 1. The van der Waals surface area contributed by atoms with Crippen LogP contribution in [0.25, 0.3) is 5.69 Å². The Labute approximate surface area is 187 Å². The monoisotopic (exact) mass is 458 g/mol. The van der Waals surface area contributed by atoms with E-state index < -0.39 is 41.2 Å². The van der Waals surface area contributed by atoms with Crippen LogP contribution in [0.5, 0.6) is 0 Å². The molecule has 3 aromatic rings. The lowest BCUT2D eigenvalue weighted by atomic mass is 10.0. The first-order valence-corrected chi connectivity index (χ1v) is 10.1. The van der Waals surface area contributed by atoms with Crippen molar-refractivity contribution in [2.75, 3.05) is 6.61 Å². The second-order valence-corrected chi connectivity index (χ2v) is 7.73. The average molecular weight is 458 g/mol. The molecule has 0 spiro atoms. The van der Waals surface area contributed by atoms with Crippen LogP contribution < -0.4 is 5.43 Å². The molecule has 6 nitrogen and oxygen atoms in total. The molecule has 9 heteroatoms. The number of benzene rings is 2. The van der Waals surface area contributed by atoms with Crippen LogP contribution in [-0.2, 0) is 10.9 Å². The predicted octanol–water partition coefficient (Wildman–Crippen LogP) is 4.72. The summed E-state index contributed by atoms with van der Waals surface area (Å²) in [5, 5.41) is 3.90. The fourth-order valence-electron chi connectivity index (χ4n) is 3.10. The summed E-state index contributed by atoms with van der Waals surface area (Å²) < 4.78 is 45.2. The molecule has 0 radical (unpaired) electrons. The molecule has 0 unspecified atom stereocenters. The Hall–Kier alpha value is -3.75. The first kappa shape index (κ1) is 23.9. The maximum absolute atomic E-state index is 13.0. The molecule has 172 valence electrons. The zero-order valence-corrected chi connectivity index (χ0v) is 18.1. The number of Topliss-reactive ketones (excluding diaryl/α,β-unsaturated/α-hetero) is 1. The van der Waals surface area contributed by atoms with Gasteiger partial charge in [0.05, 0.1) is 11.3 Å². The number of ketones is 1. The number of aromatic nitrogens is 2. The van der Waals surface area contributed by atoms with Gasteiger partial charge in [-0.15, -0.1) is 0 Å². The van der Waals surface area contributed by atoms with Gasteiger partial charge in [0.1, 0.15) is 0 Å². The molecule has 0 fully saturated rings. The fraction of sp³-hybridized carbons (Fsp3) is 0.250. The average Bonchev–Trinajstić information content (AvgIpc) is 2.77. The van der Waals surface area contributed by atoms with Gasteiger partial charge in [0.2, 0.25) is 11.1 Å². The van der Waals surface area contributed by atoms with Gasteiger partial charge in [-0.25, -0.2) is 9.48 Å². The largest absolute Gasteiger partial charge is 0.452 e. The van der Waals surface area contributed by atoms with Crippen LogP contribution in [0.15, 0.2) is 59.4 Å². The van der Waals surface area contributed by atoms with Crippen molar-refractivity contribution in [3.05, 3.63) is 92.9 Å². The van der Waals surface area contributed by atoms with Gasteiger partial charge in [0.15, 0.2) is 12.4 Å². The molecule has 0 saturated carbocycles. The predicted molar refractivity (Wildman–Crippen MR) is 115 cm³/mol. The summed E-state index contributed by atoms with van der Waals surface area (Å²) in [6, 6.07) is 12.2. The molecule has 0 aliphatic carbocycles. The first-order chi connectivity index (χ1) is 15.5. The van der Waals surface area contributed by atoms with E-state index in [9.17, 15) is 27.6 Å². The lowest BCUT2D eigenvalue weighted by molar-refractivity contribution is -0.137. The number of nitrogens with zero attached hydrogens (tertiary/aromatic N) is 2. The number of rotatable bonds is 6. The topological polar surface area (TPSA) is 78.3 Å². The molecule has 0 bridgehead atoms. The van der Waals surface area contributed by atoms with Crippen molar-refractivity contribution in [2.24, 2.45) is 0 Å². The lowest BCUT2D eigenvalue weighted by Gasteiger charge is -2.13. The highest BCUT2D eigenvalue weighted by Gasteiger charge is 2.30. The zero-order valence-electron chi connectivity index (χ0n) is 18.1. The van der Waals surface area contributed by atoms with Crippen LogP contribution in [0, 0.1) is 6.92 Å². The van der Waals surface area contributed by atoms with Crippen LogP contribution in [0.3, 0.4) is 0 Å². The molecule has 3 rings (SSSR count). The van der Waals surface area contributed by atoms with E-state index in [1.165, 1.54) is 19.1 Å². The summed E-state index contributed by atoms with van der Waals surface area (Å²) in [5.41, 5.74) is -0.698. The summed E-state index contributed by atoms with van der Waals surface area (Å²) in [5.74, 6) is -1.32. The van der Waals surface area contributed by atoms with Crippen molar-refractivity contribution in [2.45, 2.75) is 32.9 Å². The summed E-state index contributed by atoms with van der Waals surface area (Å²) >= 11 is 0. The Kier molecular flexibility index (Phi) is 6.81. The number of carbonyl (C=O) groups excluding carboxylic acids is 2. The van der Waals surface area contributed by atoms with Gasteiger partial charge in [-0.3, -0.25) is 9.59 Å². The Bertz CT molecular complexity index is 1250. The van der Waals surface area contributed by atoms with E-state index in [1.807, 2.05) is 13.8 Å². The third kappa shape index (κ3) is 5.54. The minimum absolute atomic E-state index is 0.0118. The second kappa shape index (κ2) is 9.40. The van der Waals surface area contributed by atoms with Gasteiger partial charge in [-0.2, -0.15) is 18.3 Å². The molecule has 0 N–H and O–H groups in total. The number of carbonyl (C=O) groups is 2. The van der Waals surface area contributed by atoms with E-state index in [0.29, 0.717) is 11.5 Å². The van der Waals surface area contributed by atoms with Crippen LogP contribution >= 0.6 is 0 Å². The van der Waals surface area contributed by atoms with Crippen molar-refractivity contribution in [1.29, 1.82) is 0 Å². The minimum atomic E-state index is -4.57. The molecule has 1 heterocycles. The maximum Gasteiger partial charge on any atom is 0.416 e. The molecule has 1 aromatic heterocycles. The van der Waals surface area contributed by atoms with Gasteiger partial charge < -0.3 is 4.74 Å². The smallest absolute Gasteiger partial charge is 0.416 e. The van der Waals surface area contributed by atoms with Crippen LogP contribution in [0.2, 0.25) is 0 Å². The van der Waals surface area contributed by atoms with Gasteiger partial charge in [0.25, 0.3) is 0 Å². The van der Waals surface area contributed by atoms with E-state index >= 15 is 0 Å². The summed E-state index contributed by atoms with van der Waals surface area (Å²) in [6.45, 7) is 4.88. The Morgan fingerprint density at radius 2 is 1.73 bits per heavy atom. The number of aryl methyl sites for hydroxylation is 1. The maximum atomic E-state index is 13.0. The highest BCUT2D eigenvalue weighted by Crippen LogP contribution is 2.30. The van der Waals surface area contributed by atoms with E-state index in [0.717, 1.165) is 28.4 Å². The summed E-state index contributed by atoms with van der Waals surface area (Å²) in [6.07, 6.45) is -4.57. The number of hydrogen-bond acceptors (Lipinski definition) is 5. The number of hydrogen-bond donors (Lipinski definition) is 0. The third-order valence-electron chi connectivity index (χ3n) is 4.95. The van der Waals surface area contributed by atoms with Crippen molar-refractivity contribution in [3.8, 4) is 5.69 Å². The quantitative estimate of drug-likeness (QED) is 0.395. The van der Waals surface area contributed by atoms with Crippen LogP contribution in [-0.4, -0.2) is 28.1 Å². The van der Waals surface area contributed by atoms with E-state index in [-0.39, 0.29) is 11.4 Å². The SMILES string of the molecule is Cc1cc(=O)c(C(=O)OCC(=O)c2ccc(C(C)C)cc2)nn1-c1cccc(C(F)(F)F)c1. The second-order valence-electron chi connectivity index (χ2n) is 7.73. The third-order valence-corrected chi connectivity index (χ3v) is 4.95. The molecule has 0 amide bonds. The fourth-order valence-corrected chi connectivity index (χ4v) is 3.10. The van der Waals surface area contributed by atoms with E-state index in [2.05, 4.69) is 5.10 Å². The normalized spacial score (nSPS) is 11.5. The van der Waals surface area contributed by atoms with Gasteiger partial charge in [-0.05, 0) is 36.6 Å². The zero-order chi connectivity index (χ0) is 24.3. The molecular weight excluding hydrogens is 437 g/mol. The van der Waals surface area contributed by atoms with Crippen molar-refractivity contribution in [1.82, 2.24) is 9.78 Å². The highest BCUT2D eigenvalue weighted by atomic mass is 19.4. The Balaban J connectivity index is 1.81. The van der Waals surface area contributed by atoms with E-state index in [4.69, 9.17) is 4.74 Å². The molecule has 0 atom stereocenters. The van der Waals surface area contributed by atoms with Crippen LogP contribution in [0.1, 0.15) is 57.4 Å². The van der Waals surface area contributed by atoms with Gasteiger partial charge in [0, 0.05) is 17.3 Å². The lowest BCUT2D eigenvalue weighted by Crippen LogP contribution is -2.25. The molecule has 2 aromatic carbocycles. The van der Waals surface area contributed by atoms with Gasteiger partial charge >= 0.3 is 12.1 Å². The molecule has 0 saturated heterocycles. The molecule has 0 aliphatic rings. The number of halogens is 3. The summed E-state index contributed by atoms with van der Waals surface area (Å²) in [7, 11) is 0. The first-order valence-electron chi connectivity index (χ1n) is 10.1. The van der Waals surface area contributed by atoms with E-state index in [1.54, 1.807) is 24.3 Å². The molecule has 0 aliphatic heterocycles. The molecular formula is C24H21F3N2O4. The number of esters is 1.